The molecule has 6 heteroatoms. The van der Waals surface area contributed by atoms with E-state index in [-0.39, 0.29) is 5.82 Å². The number of fused-ring (bicyclic) bond motifs is 1. The fourth-order valence-corrected chi connectivity index (χ4v) is 3.09. The van der Waals surface area contributed by atoms with Crippen molar-refractivity contribution in [2.75, 3.05) is 0 Å². The molecule has 0 aliphatic carbocycles. The number of halogens is 3. The molecule has 0 spiro atoms. The van der Waals surface area contributed by atoms with E-state index in [0.29, 0.717) is 14.9 Å². The highest BCUT2D eigenvalue weighted by atomic mass is 127. The van der Waals surface area contributed by atoms with Crippen molar-refractivity contribution in [2.45, 2.75) is 6.54 Å². The highest BCUT2D eigenvalue weighted by molar-refractivity contribution is 14.1. The van der Waals surface area contributed by atoms with Crippen LogP contribution in [-0.2, 0) is 6.54 Å². The Morgan fingerprint density at radius 2 is 1.95 bits per heavy atom. The standard InChI is InChI=1S/C14H9BrFIN2S/c15-9-3-1-8(2-4-9)7-19-13-5-10(16)11(17)6-12(13)18-14(19)20/h1-6H,7H2,(H,18,20). The van der Waals surface area contributed by atoms with Crippen LogP contribution in [-0.4, -0.2) is 9.55 Å². The van der Waals surface area contributed by atoms with E-state index in [1.165, 1.54) is 6.07 Å². The van der Waals surface area contributed by atoms with Gasteiger partial charge in [0.05, 0.1) is 21.1 Å². The highest BCUT2D eigenvalue weighted by Gasteiger charge is 2.09. The van der Waals surface area contributed by atoms with Crippen molar-refractivity contribution in [2.24, 2.45) is 0 Å². The quantitative estimate of drug-likeness (QED) is 0.407. The van der Waals surface area contributed by atoms with E-state index in [1.54, 1.807) is 6.07 Å². The van der Waals surface area contributed by atoms with Gasteiger partial charge in [-0.2, -0.15) is 0 Å². The van der Waals surface area contributed by atoms with Gasteiger partial charge in [0.25, 0.3) is 0 Å². The van der Waals surface area contributed by atoms with Gasteiger partial charge in [0.2, 0.25) is 0 Å². The molecule has 0 unspecified atom stereocenters. The van der Waals surface area contributed by atoms with Gasteiger partial charge in [-0.3, -0.25) is 0 Å². The molecule has 2 aromatic carbocycles. The number of hydrogen-bond acceptors (Lipinski definition) is 1. The van der Waals surface area contributed by atoms with Crippen LogP contribution in [0.2, 0.25) is 0 Å². The first-order valence-electron chi connectivity index (χ1n) is 5.86. The minimum absolute atomic E-state index is 0.225. The predicted molar refractivity (Wildman–Crippen MR) is 93.0 cm³/mol. The molecule has 1 aromatic heterocycles. The highest BCUT2D eigenvalue weighted by Crippen LogP contribution is 2.22. The number of rotatable bonds is 2. The fraction of sp³-hybridized carbons (Fsp3) is 0.0714. The smallest absolute Gasteiger partial charge is 0.178 e. The molecule has 0 fully saturated rings. The number of imidazole rings is 1. The molecule has 0 amide bonds. The molecule has 0 atom stereocenters. The summed E-state index contributed by atoms with van der Waals surface area (Å²) in [5.74, 6) is -0.225. The minimum Gasteiger partial charge on any atom is -0.331 e. The molecular weight excluding hydrogens is 454 g/mol. The lowest BCUT2D eigenvalue weighted by atomic mass is 10.2. The van der Waals surface area contributed by atoms with Gasteiger partial charge in [-0.15, -0.1) is 0 Å². The summed E-state index contributed by atoms with van der Waals surface area (Å²) >= 11 is 10.7. The molecular formula is C14H9BrFIN2S. The van der Waals surface area contributed by atoms with Gasteiger partial charge < -0.3 is 9.55 Å². The second-order valence-electron chi connectivity index (χ2n) is 4.43. The lowest BCUT2D eigenvalue weighted by Crippen LogP contribution is -1.99. The van der Waals surface area contributed by atoms with Crippen molar-refractivity contribution in [3.8, 4) is 0 Å². The van der Waals surface area contributed by atoms with E-state index in [9.17, 15) is 4.39 Å². The van der Waals surface area contributed by atoms with Crippen LogP contribution in [0.15, 0.2) is 40.9 Å². The lowest BCUT2D eigenvalue weighted by molar-refractivity contribution is 0.621. The fourth-order valence-electron chi connectivity index (χ4n) is 2.08. The summed E-state index contributed by atoms with van der Waals surface area (Å²) < 4.78 is 17.9. The molecule has 1 N–H and O–H groups in total. The van der Waals surface area contributed by atoms with Crippen molar-refractivity contribution in [3.05, 3.63) is 60.6 Å². The minimum atomic E-state index is -0.225. The Hall–Kier alpha value is -0.730. The van der Waals surface area contributed by atoms with Crippen molar-refractivity contribution in [3.63, 3.8) is 0 Å². The Kier molecular flexibility index (Phi) is 3.96. The van der Waals surface area contributed by atoms with Crippen LogP contribution in [0.4, 0.5) is 4.39 Å². The Morgan fingerprint density at radius 3 is 2.65 bits per heavy atom. The van der Waals surface area contributed by atoms with Gasteiger partial charge in [0.15, 0.2) is 4.77 Å². The second kappa shape index (κ2) is 5.57. The van der Waals surface area contributed by atoms with Crippen LogP contribution < -0.4 is 0 Å². The Labute approximate surface area is 142 Å². The monoisotopic (exact) mass is 462 g/mol. The van der Waals surface area contributed by atoms with E-state index in [0.717, 1.165) is 21.1 Å². The van der Waals surface area contributed by atoms with Crippen molar-refractivity contribution in [1.82, 2.24) is 9.55 Å². The first-order chi connectivity index (χ1) is 9.54. The number of aromatic nitrogens is 2. The number of H-pyrrole nitrogens is 1. The molecule has 102 valence electrons. The van der Waals surface area contributed by atoms with Crippen molar-refractivity contribution in [1.29, 1.82) is 0 Å². The Morgan fingerprint density at radius 1 is 1.25 bits per heavy atom. The molecule has 0 radical (unpaired) electrons. The SMILES string of the molecule is Fc1cc2c(cc1I)[nH]c(=S)n2Cc1ccc(Br)cc1. The molecule has 0 bridgehead atoms. The molecule has 0 aliphatic rings. The van der Waals surface area contributed by atoms with Gasteiger partial charge in [0.1, 0.15) is 5.82 Å². The summed E-state index contributed by atoms with van der Waals surface area (Å²) in [6.45, 7) is 0.617. The average Bonchev–Trinajstić information content (AvgIpc) is 2.69. The number of aromatic amines is 1. The molecule has 0 saturated heterocycles. The average molecular weight is 463 g/mol. The predicted octanol–water partition coefficient (Wildman–Crippen LogP) is 5.25. The zero-order valence-corrected chi connectivity index (χ0v) is 14.7. The maximum Gasteiger partial charge on any atom is 0.178 e. The third-order valence-electron chi connectivity index (χ3n) is 3.07. The summed E-state index contributed by atoms with van der Waals surface area (Å²) in [7, 11) is 0. The molecule has 0 aliphatic heterocycles. The summed E-state index contributed by atoms with van der Waals surface area (Å²) in [6.07, 6.45) is 0. The zero-order chi connectivity index (χ0) is 14.3. The van der Waals surface area contributed by atoms with Gasteiger partial charge in [-0.25, -0.2) is 4.39 Å². The maximum absolute atomic E-state index is 13.8. The van der Waals surface area contributed by atoms with Crippen LogP contribution in [0, 0.1) is 14.2 Å². The Bertz CT molecular complexity index is 839. The first-order valence-corrected chi connectivity index (χ1v) is 8.14. The second-order valence-corrected chi connectivity index (χ2v) is 6.89. The van der Waals surface area contributed by atoms with E-state index in [4.69, 9.17) is 12.2 Å². The zero-order valence-electron chi connectivity index (χ0n) is 10.2. The van der Waals surface area contributed by atoms with Crippen LogP contribution >= 0.6 is 50.7 Å². The van der Waals surface area contributed by atoms with Crippen molar-refractivity contribution >= 4 is 61.8 Å². The van der Waals surface area contributed by atoms with Gasteiger partial charge in [-0.05, 0) is 58.6 Å². The van der Waals surface area contributed by atoms with Crippen molar-refractivity contribution < 1.29 is 4.39 Å². The largest absolute Gasteiger partial charge is 0.331 e. The summed E-state index contributed by atoms with van der Waals surface area (Å²) in [4.78, 5) is 3.12. The molecule has 20 heavy (non-hydrogen) atoms. The molecule has 2 nitrogen and oxygen atoms in total. The Balaban J connectivity index is 2.11. The van der Waals surface area contributed by atoms with E-state index in [2.05, 4.69) is 20.9 Å². The molecule has 3 rings (SSSR count). The number of benzene rings is 2. The lowest BCUT2D eigenvalue weighted by Gasteiger charge is -2.05. The van der Waals surface area contributed by atoms with E-state index >= 15 is 0 Å². The molecule has 0 saturated carbocycles. The van der Waals surface area contributed by atoms with Crippen LogP contribution in [0.25, 0.3) is 11.0 Å². The van der Waals surface area contributed by atoms with Crippen LogP contribution in [0.3, 0.4) is 0 Å². The summed E-state index contributed by atoms with van der Waals surface area (Å²) in [5.41, 5.74) is 2.76. The normalized spacial score (nSPS) is 11.2. The first kappa shape index (κ1) is 14.2. The topological polar surface area (TPSA) is 20.7 Å². The molecule has 3 aromatic rings. The number of hydrogen-bond donors (Lipinski definition) is 1. The number of nitrogens with one attached hydrogen (secondary N) is 1. The van der Waals surface area contributed by atoms with E-state index in [1.807, 2.05) is 51.4 Å². The molecule has 1 heterocycles. The van der Waals surface area contributed by atoms with Crippen LogP contribution in [0.5, 0.6) is 0 Å². The summed E-state index contributed by atoms with van der Waals surface area (Å²) in [5, 5.41) is 0. The van der Waals surface area contributed by atoms with Crippen LogP contribution in [0.1, 0.15) is 5.56 Å². The maximum atomic E-state index is 13.8. The van der Waals surface area contributed by atoms with Gasteiger partial charge in [-0.1, -0.05) is 28.1 Å². The summed E-state index contributed by atoms with van der Waals surface area (Å²) in [6, 6.07) is 11.3. The van der Waals surface area contributed by atoms with Gasteiger partial charge in [0, 0.05) is 10.5 Å². The third-order valence-corrected chi connectivity index (χ3v) is 4.75. The van der Waals surface area contributed by atoms with Gasteiger partial charge >= 0.3 is 0 Å². The van der Waals surface area contributed by atoms with E-state index < -0.39 is 0 Å². The third kappa shape index (κ3) is 2.68. The number of nitrogens with zero attached hydrogens (tertiary/aromatic N) is 1.